The number of hydrogen-bond donors (Lipinski definition) is 3. The van der Waals surface area contributed by atoms with E-state index in [0.29, 0.717) is 0 Å². The Morgan fingerprint density at radius 1 is 1.35 bits per heavy atom. The van der Waals surface area contributed by atoms with Crippen molar-refractivity contribution in [3.8, 4) is 0 Å². The molecule has 0 aliphatic carbocycles. The van der Waals surface area contributed by atoms with Crippen LogP contribution < -0.4 is 11.1 Å². The van der Waals surface area contributed by atoms with Gasteiger partial charge in [-0.2, -0.15) is 0 Å². The van der Waals surface area contributed by atoms with Crippen molar-refractivity contribution in [2.45, 2.75) is 32.7 Å². The monoisotopic (exact) mass is 235 g/mol. The van der Waals surface area contributed by atoms with E-state index in [1.807, 2.05) is 24.3 Å². The molecule has 0 spiro atoms. The largest absolute Gasteiger partial charge is 0.409 e. The van der Waals surface area contributed by atoms with Gasteiger partial charge in [0.15, 0.2) is 5.84 Å². The first kappa shape index (κ1) is 13.5. The lowest BCUT2D eigenvalue weighted by molar-refractivity contribution is 0.318. The van der Waals surface area contributed by atoms with Crippen LogP contribution in [0.15, 0.2) is 29.4 Å². The smallest absolute Gasteiger partial charge is 0.170 e. The van der Waals surface area contributed by atoms with Gasteiger partial charge in [0.1, 0.15) is 0 Å². The lowest BCUT2D eigenvalue weighted by atomic mass is 10.1. The second kappa shape index (κ2) is 7.68. The molecule has 0 radical (unpaired) electrons. The summed E-state index contributed by atoms with van der Waals surface area (Å²) in [5.41, 5.74) is 7.46. The van der Waals surface area contributed by atoms with Gasteiger partial charge in [-0.05, 0) is 18.5 Å². The maximum absolute atomic E-state index is 8.70. The number of amidine groups is 1. The van der Waals surface area contributed by atoms with Gasteiger partial charge in [-0.3, -0.25) is 0 Å². The van der Waals surface area contributed by atoms with Crippen LogP contribution in [-0.2, 0) is 6.54 Å². The third kappa shape index (κ3) is 4.44. The van der Waals surface area contributed by atoms with Gasteiger partial charge < -0.3 is 16.3 Å². The second-order valence-corrected chi connectivity index (χ2v) is 4.03. The molecule has 0 saturated heterocycles. The lowest BCUT2D eigenvalue weighted by Crippen LogP contribution is -2.20. The molecule has 1 rings (SSSR count). The minimum Gasteiger partial charge on any atom is -0.409 e. The molecule has 94 valence electrons. The number of nitrogens with two attached hydrogens (primary N) is 1. The van der Waals surface area contributed by atoms with Crippen molar-refractivity contribution in [1.82, 2.24) is 5.32 Å². The molecule has 0 unspecified atom stereocenters. The molecule has 0 heterocycles. The molecular weight excluding hydrogens is 214 g/mol. The molecule has 0 aliphatic rings. The van der Waals surface area contributed by atoms with Gasteiger partial charge in [-0.25, -0.2) is 0 Å². The normalized spacial score (nSPS) is 11.7. The van der Waals surface area contributed by atoms with Crippen molar-refractivity contribution >= 4 is 5.84 Å². The van der Waals surface area contributed by atoms with Crippen molar-refractivity contribution in [1.29, 1.82) is 0 Å². The van der Waals surface area contributed by atoms with Crippen molar-refractivity contribution < 1.29 is 5.21 Å². The van der Waals surface area contributed by atoms with Gasteiger partial charge in [-0.15, -0.1) is 0 Å². The molecule has 17 heavy (non-hydrogen) atoms. The van der Waals surface area contributed by atoms with E-state index in [-0.39, 0.29) is 5.84 Å². The maximum atomic E-state index is 8.70. The summed E-state index contributed by atoms with van der Waals surface area (Å²) in [6.07, 6.45) is 3.65. The van der Waals surface area contributed by atoms with Crippen LogP contribution >= 0.6 is 0 Å². The summed E-state index contributed by atoms with van der Waals surface area (Å²) in [6.45, 7) is 3.93. The van der Waals surface area contributed by atoms with E-state index in [0.717, 1.165) is 24.2 Å². The van der Waals surface area contributed by atoms with Crippen LogP contribution in [-0.4, -0.2) is 17.6 Å². The molecule has 0 saturated carbocycles. The Bertz CT molecular complexity index is 363. The van der Waals surface area contributed by atoms with Crippen LogP contribution in [0.4, 0.5) is 0 Å². The SMILES string of the molecule is CCCCCNCc1ccccc1C(N)=NO. The van der Waals surface area contributed by atoms with Gasteiger partial charge in [0, 0.05) is 12.1 Å². The Balaban J connectivity index is 2.53. The van der Waals surface area contributed by atoms with Crippen LogP contribution in [0.2, 0.25) is 0 Å². The zero-order valence-electron chi connectivity index (χ0n) is 10.3. The highest BCUT2D eigenvalue weighted by molar-refractivity contribution is 5.98. The number of rotatable bonds is 7. The summed E-state index contributed by atoms with van der Waals surface area (Å²) in [5, 5.41) is 15.1. The highest BCUT2D eigenvalue weighted by Crippen LogP contribution is 2.08. The molecule has 0 fully saturated rings. The number of nitrogens with one attached hydrogen (secondary N) is 1. The van der Waals surface area contributed by atoms with Crippen LogP contribution in [0.25, 0.3) is 0 Å². The molecule has 0 aromatic heterocycles. The molecule has 1 aromatic rings. The van der Waals surface area contributed by atoms with Crippen molar-refractivity contribution in [3.63, 3.8) is 0 Å². The minimum atomic E-state index is 0.163. The molecule has 4 N–H and O–H groups in total. The van der Waals surface area contributed by atoms with Gasteiger partial charge in [0.05, 0.1) is 0 Å². The fourth-order valence-electron chi connectivity index (χ4n) is 1.70. The van der Waals surface area contributed by atoms with Crippen molar-refractivity contribution in [3.05, 3.63) is 35.4 Å². The Morgan fingerprint density at radius 2 is 2.12 bits per heavy atom. The van der Waals surface area contributed by atoms with Gasteiger partial charge in [0.2, 0.25) is 0 Å². The van der Waals surface area contributed by atoms with E-state index in [4.69, 9.17) is 10.9 Å². The quantitative estimate of drug-likeness (QED) is 0.223. The number of unbranched alkanes of at least 4 members (excludes halogenated alkanes) is 2. The first-order valence-electron chi connectivity index (χ1n) is 6.06. The van der Waals surface area contributed by atoms with Gasteiger partial charge in [-0.1, -0.05) is 49.2 Å². The zero-order valence-corrected chi connectivity index (χ0v) is 10.3. The summed E-state index contributed by atoms with van der Waals surface area (Å²) in [5.74, 6) is 0.163. The standard InChI is InChI=1S/C13H21N3O/c1-2-3-6-9-15-10-11-7-4-5-8-12(11)13(14)16-17/h4-5,7-8,15,17H,2-3,6,9-10H2,1H3,(H2,14,16). The summed E-state index contributed by atoms with van der Waals surface area (Å²) >= 11 is 0. The third-order valence-corrected chi connectivity index (χ3v) is 2.67. The molecule has 0 aliphatic heterocycles. The first-order chi connectivity index (χ1) is 8.29. The number of nitrogens with zero attached hydrogens (tertiary/aromatic N) is 1. The highest BCUT2D eigenvalue weighted by Gasteiger charge is 2.05. The summed E-state index contributed by atoms with van der Waals surface area (Å²) in [6, 6.07) is 7.68. The Kier molecular flexibility index (Phi) is 6.10. The van der Waals surface area contributed by atoms with Crippen LogP contribution in [0.1, 0.15) is 37.3 Å². The van der Waals surface area contributed by atoms with Gasteiger partial charge >= 0.3 is 0 Å². The second-order valence-electron chi connectivity index (χ2n) is 4.03. The Morgan fingerprint density at radius 3 is 2.82 bits per heavy atom. The number of hydrogen-bond acceptors (Lipinski definition) is 3. The zero-order chi connectivity index (χ0) is 12.5. The van der Waals surface area contributed by atoms with Crippen LogP contribution in [0.5, 0.6) is 0 Å². The molecule has 0 amide bonds. The number of oxime groups is 1. The van der Waals surface area contributed by atoms with E-state index >= 15 is 0 Å². The minimum absolute atomic E-state index is 0.163. The molecule has 0 atom stereocenters. The van der Waals surface area contributed by atoms with E-state index in [1.54, 1.807) is 0 Å². The fourth-order valence-corrected chi connectivity index (χ4v) is 1.70. The van der Waals surface area contributed by atoms with Gasteiger partial charge in [0.25, 0.3) is 0 Å². The molecule has 0 bridgehead atoms. The lowest BCUT2D eigenvalue weighted by Gasteiger charge is -2.09. The third-order valence-electron chi connectivity index (χ3n) is 2.67. The summed E-state index contributed by atoms with van der Waals surface area (Å²) < 4.78 is 0. The van der Waals surface area contributed by atoms with Crippen molar-refractivity contribution in [2.24, 2.45) is 10.9 Å². The first-order valence-corrected chi connectivity index (χ1v) is 6.06. The average Bonchev–Trinajstić information content (AvgIpc) is 2.38. The van der Waals surface area contributed by atoms with E-state index in [2.05, 4.69) is 17.4 Å². The predicted molar refractivity (Wildman–Crippen MR) is 70.2 cm³/mol. The van der Waals surface area contributed by atoms with E-state index in [9.17, 15) is 0 Å². The molecular formula is C13H21N3O. The summed E-state index contributed by atoms with van der Waals surface area (Å²) in [7, 11) is 0. The predicted octanol–water partition coefficient (Wildman–Crippen LogP) is 2.06. The van der Waals surface area contributed by atoms with E-state index in [1.165, 1.54) is 19.3 Å². The fraction of sp³-hybridized carbons (Fsp3) is 0.462. The van der Waals surface area contributed by atoms with E-state index < -0.39 is 0 Å². The van der Waals surface area contributed by atoms with Crippen LogP contribution in [0, 0.1) is 0 Å². The number of benzene rings is 1. The summed E-state index contributed by atoms with van der Waals surface area (Å²) in [4.78, 5) is 0. The molecule has 4 heteroatoms. The maximum Gasteiger partial charge on any atom is 0.170 e. The Hall–Kier alpha value is -1.55. The highest BCUT2D eigenvalue weighted by atomic mass is 16.4. The Labute approximate surface area is 103 Å². The van der Waals surface area contributed by atoms with Crippen molar-refractivity contribution in [2.75, 3.05) is 6.54 Å². The van der Waals surface area contributed by atoms with Crippen LogP contribution in [0.3, 0.4) is 0 Å². The molecule has 1 aromatic carbocycles. The topological polar surface area (TPSA) is 70.6 Å². The molecule has 4 nitrogen and oxygen atoms in total. The average molecular weight is 235 g/mol.